The number of benzene rings is 2. The number of carbonyl (C=O) groups excluding carboxylic acids is 1. The Labute approximate surface area is 150 Å². The highest BCUT2D eigenvalue weighted by Gasteiger charge is 2.11. The molecule has 0 aliphatic carbocycles. The highest BCUT2D eigenvalue weighted by Crippen LogP contribution is 2.17. The van der Waals surface area contributed by atoms with Crippen molar-refractivity contribution in [3.63, 3.8) is 0 Å². The molecule has 5 nitrogen and oxygen atoms in total. The third kappa shape index (κ3) is 4.63. The van der Waals surface area contributed by atoms with E-state index in [2.05, 4.69) is 10.6 Å². The zero-order valence-corrected chi connectivity index (χ0v) is 14.1. The minimum absolute atomic E-state index is 0.207. The van der Waals surface area contributed by atoms with Gasteiger partial charge in [-0.25, -0.2) is 4.39 Å². The smallest absolute Gasteiger partial charge is 0.253 e. The van der Waals surface area contributed by atoms with E-state index >= 15 is 0 Å². The molecular weight excluding hydrogens is 335 g/mol. The average molecular weight is 354 g/mol. The molecule has 0 bridgehead atoms. The molecule has 134 valence electrons. The number of rotatable bonds is 8. The van der Waals surface area contributed by atoms with Crippen LogP contribution in [0.25, 0.3) is 0 Å². The fourth-order valence-corrected chi connectivity index (χ4v) is 2.42. The predicted octanol–water partition coefficient (Wildman–Crippen LogP) is 3.84. The van der Waals surface area contributed by atoms with Gasteiger partial charge in [-0.2, -0.15) is 0 Å². The number of nitrogens with one attached hydrogen (secondary N) is 2. The van der Waals surface area contributed by atoms with Crippen molar-refractivity contribution in [3.05, 3.63) is 84.1 Å². The predicted molar refractivity (Wildman–Crippen MR) is 96.7 cm³/mol. The minimum Gasteiger partial charge on any atom is -0.489 e. The summed E-state index contributed by atoms with van der Waals surface area (Å²) in [6, 6.07) is 17.0. The van der Waals surface area contributed by atoms with Gasteiger partial charge in [-0.1, -0.05) is 24.3 Å². The molecule has 0 atom stereocenters. The molecule has 2 aromatic carbocycles. The van der Waals surface area contributed by atoms with Gasteiger partial charge < -0.3 is 19.8 Å². The van der Waals surface area contributed by atoms with E-state index in [9.17, 15) is 9.18 Å². The van der Waals surface area contributed by atoms with Crippen LogP contribution in [0.15, 0.2) is 71.3 Å². The summed E-state index contributed by atoms with van der Waals surface area (Å²) in [7, 11) is 0. The molecule has 1 heterocycles. The van der Waals surface area contributed by atoms with Gasteiger partial charge in [0.1, 0.15) is 12.4 Å². The van der Waals surface area contributed by atoms with Crippen molar-refractivity contribution >= 4 is 11.6 Å². The van der Waals surface area contributed by atoms with Gasteiger partial charge in [0.2, 0.25) is 0 Å². The maximum absolute atomic E-state index is 13.5. The van der Waals surface area contributed by atoms with E-state index in [0.29, 0.717) is 30.1 Å². The van der Waals surface area contributed by atoms with Crippen molar-refractivity contribution in [2.75, 3.05) is 18.5 Å². The first-order valence-corrected chi connectivity index (χ1v) is 8.25. The molecule has 0 saturated heterocycles. The number of anilines is 1. The van der Waals surface area contributed by atoms with E-state index in [4.69, 9.17) is 9.15 Å². The number of amides is 1. The van der Waals surface area contributed by atoms with Crippen LogP contribution in [0.1, 0.15) is 16.1 Å². The van der Waals surface area contributed by atoms with E-state index in [1.807, 2.05) is 12.1 Å². The highest BCUT2D eigenvalue weighted by molar-refractivity contribution is 5.99. The number of furan rings is 1. The van der Waals surface area contributed by atoms with E-state index in [0.717, 1.165) is 0 Å². The Morgan fingerprint density at radius 3 is 2.65 bits per heavy atom. The quantitative estimate of drug-likeness (QED) is 0.603. The van der Waals surface area contributed by atoms with Crippen LogP contribution in [0.2, 0.25) is 0 Å². The van der Waals surface area contributed by atoms with Gasteiger partial charge >= 0.3 is 0 Å². The summed E-state index contributed by atoms with van der Waals surface area (Å²) >= 11 is 0. The van der Waals surface area contributed by atoms with Crippen LogP contribution in [0.3, 0.4) is 0 Å². The first kappa shape index (κ1) is 17.5. The summed E-state index contributed by atoms with van der Waals surface area (Å²) in [5.41, 5.74) is 1.20. The monoisotopic (exact) mass is 354 g/mol. The van der Waals surface area contributed by atoms with Gasteiger partial charge in [0.25, 0.3) is 5.91 Å². The topological polar surface area (TPSA) is 63.5 Å². The van der Waals surface area contributed by atoms with Gasteiger partial charge in [-0.15, -0.1) is 0 Å². The normalized spacial score (nSPS) is 10.3. The second kappa shape index (κ2) is 8.71. The fraction of sp³-hybridized carbons (Fsp3) is 0.150. The molecule has 26 heavy (non-hydrogen) atoms. The molecular formula is C20H19FN2O3. The summed E-state index contributed by atoms with van der Waals surface area (Å²) in [6.45, 7) is 1.01. The Morgan fingerprint density at radius 1 is 1.04 bits per heavy atom. The van der Waals surface area contributed by atoms with Crippen LogP contribution in [-0.2, 0) is 6.54 Å². The van der Waals surface area contributed by atoms with Crippen molar-refractivity contribution in [1.29, 1.82) is 0 Å². The first-order valence-electron chi connectivity index (χ1n) is 8.25. The molecule has 0 aliphatic heterocycles. The number of hydrogen-bond acceptors (Lipinski definition) is 4. The zero-order chi connectivity index (χ0) is 18.2. The zero-order valence-electron chi connectivity index (χ0n) is 14.1. The van der Waals surface area contributed by atoms with Gasteiger partial charge in [-0.05, 0) is 36.4 Å². The molecule has 2 N–H and O–H groups in total. The second-order valence-corrected chi connectivity index (χ2v) is 5.51. The van der Waals surface area contributed by atoms with Crippen molar-refractivity contribution in [1.82, 2.24) is 5.32 Å². The van der Waals surface area contributed by atoms with E-state index in [-0.39, 0.29) is 18.3 Å². The maximum atomic E-state index is 13.5. The Balaban J connectivity index is 1.53. The molecule has 6 heteroatoms. The average Bonchev–Trinajstić information content (AvgIpc) is 3.18. The number of ether oxygens (including phenoxy) is 1. The van der Waals surface area contributed by atoms with Crippen molar-refractivity contribution in [2.24, 2.45) is 0 Å². The highest BCUT2D eigenvalue weighted by atomic mass is 19.1. The van der Waals surface area contributed by atoms with Crippen LogP contribution < -0.4 is 15.4 Å². The molecule has 1 aromatic heterocycles. The lowest BCUT2D eigenvalue weighted by molar-refractivity contribution is 0.0949. The van der Waals surface area contributed by atoms with Crippen LogP contribution in [-0.4, -0.2) is 19.1 Å². The van der Waals surface area contributed by atoms with E-state index in [1.165, 1.54) is 6.07 Å². The maximum Gasteiger partial charge on any atom is 0.253 e. The molecule has 0 fully saturated rings. The number of halogens is 1. The largest absolute Gasteiger partial charge is 0.489 e. The van der Waals surface area contributed by atoms with Crippen LogP contribution >= 0.6 is 0 Å². The van der Waals surface area contributed by atoms with Crippen molar-refractivity contribution in [3.8, 4) is 5.75 Å². The van der Waals surface area contributed by atoms with E-state index < -0.39 is 5.82 Å². The van der Waals surface area contributed by atoms with Crippen LogP contribution in [0.4, 0.5) is 10.1 Å². The van der Waals surface area contributed by atoms with Gasteiger partial charge in [-0.3, -0.25) is 4.79 Å². The van der Waals surface area contributed by atoms with E-state index in [1.54, 1.807) is 48.7 Å². The summed E-state index contributed by atoms with van der Waals surface area (Å²) in [6.07, 6.45) is 1.56. The fourth-order valence-electron chi connectivity index (χ4n) is 2.42. The Morgan fingerprint density at radius 2 is 1.85 bits per heavy atom. The second-order valence-electron chi connectivity index (χ2n) is 5.51. The van der Waals surface area contributed by atoms with Gasteiger partial charge in [0, 0.05) is 12.2 Å². The molecule has 3 aromatic rings. The summed E-state index contributed by atoms with van der Waals surface area (Å²) < 4.78 is 24.1. The Bertz CT molecular complexity index is 850. The molecule has 3 rings (SSSR count). The summed E-state index contributed by atoms with van der Waals surface area (Å²) in [5.74, 6) is 0.283. The lowest BCUT2D eigenvalue weighted by Crippen LogP contribution is -2.24. The molecule has 0 radical (unpaired) electrons. The number of carbonyl (C=O) groups is 1. The number of para-hydroxylation sites is 2. The Kier molecular flexibility index (Phi) is 5.88. The minimum atomic E-state index is -0.398. The lowest BCUT2D eigenvalue weighted by atomic mass is 10.1. The van der Waals surface area contributed by atoms with Crippen LogP contribution in [0.5, 0.6) is 5.75 Å². The number of hydrogen-bond donors (Lipinski definition) is 2. The van der Waals surface area contributed by atoms with Crippen LogP contribution in [0, 0.1) is 5.82 Å². The first-order chi connectivity index (χ1) is 12.7. The summed E-state index contributed by atoms with van der Waals surface area (Å²) in [4.78, 5) is 12.4. The third-order valence-electron chi connectivity index (χ3n) is 3.69. The molecule has 1 amide bonds. The van der Waals surface area contributed by atoms with Crippen molar-refractivity contribution in [2.45, 2.75) is 6.54 Å². The molecule has 0 saturated carbocycles. The van der Waals surface area contributed by atoms with Crippen molar-refractivity contribution < 1.29 is 18.3 Å². The standard InChI is InChI=1S/C20H19FN2O3/c21-17-8-2-4-10-19(17)26-13-11-22-18-9-3-1-7-16(18)20(24)23-14-15-6-5-12-25-15/h1-10,12,22H,11,13-14H2,(H,23,24). The van der Waals surface area contributed by atoms with Gasteiger partial charge in [0.05, 0.1) is 18.4 Å². The Hall–Kier alpha value is -3.28. The molecule has 0 aliphatic rings. The summed E-state index contributed by atoms with van der Waals surface area (Å²) in [5, 5.41) is 5.96. The third-order valence-corrected chi connectivity index (χ3v) is 3.69. The lowest BCUT2D eigenvalue weighted by Gasteiger charge is -2.13. The SMILES string of the molecule is O=C(NCc1ccco1)c1ccccc1NCCOc1ccccc1F. The molecule has 0 spiro atoms. The van der Waals surface area contributed by atoms with Gasteiger partial charge in [0.15, 0.2) is 11.6 Å². The molecule has 0 unspecified atom stereocenters.